The molecule has 19 heavy (non-hydrogen) atoms. The predicted molar refractivity (Wildman–Crippen MR) is 75.4 cm³/mol. The zero-order valence-corrected chi connectivity index (χ0v) is 12.7. The Labute approximate surface area is 123 Å². The molecule has 0 heterocycles. The number of benzene rings is 1. The molecule has 1 unspecified atom stereocenters. The molecule has 0 radical (unpaired) electrons. The monoisotopic (exact) mass is 389 g/mol. The fourth-order valence-corrected chi connectivity index (χ4v) is 2.76. The van der Waals surface area contributed by atoms with Crippen molar-refractivity contribution in [3.05, 3.63) is 33.1 Å². The predicted octanol–water partition coefficient (Wildman–Crippen LogP) is 4.81. The summed E-state index contributed by atoms with van der Waals surface area (Å²) in [6.07, 6.45) is -4.46. The quantitative estimate of drug-likeness (QED) is 0.544. The van der Waals surface area contributed by atoms with Crippen LogP contribution in [0.4, 0.5) is 17.6 Å². The summed E-state index contributed by atoms with van der Waals surface area (Å²) in [6, 6.07) is 4.20. The minimum absolute atomic E-state index is 0.0641. The molecule has 0 aliphatic carbocycles. The van der Waals surface area contributed by atoms with Gasteiger partial charge in [0.25, 0.3) is 0 Å². The number of hydrogen-bond donors (Lipinski definition) is 1. The molecule has 0 spiro atoms. The molecule has 1 aromatic rings. The topological polar surface area (TPSA) is 12.0 Å². The van der Waals surface area contributed by atoms with Crippen LogP contribution in [0, 0.1) is 9.39 Å². The van der Waals surface area contributed by atoms with Gasteiger partial charge in [0.1, 0.15) is 5.82 Å². The van der Waals surface area contributed by atoms with Crippen molar-refractivity contribution in [1.29, 1.82) is 0 Å². The van der Waals surface area contributed by atoms with Gasteiger partial charge in [-0.1, -0.05) is 13.0 Å². The molecule has 1 nitrogen and oxygen atoms in total. The van der Waals surface area contributed by atoms with Crippen molar-refractivity contribution in [3.8, 4) is 0 Å². The lowest BCUT2D eigenvalue weighted by atomic mass is 10.0. The van der Waals surface area contributed by atoms with Crippen LogP contribution in [0.15, 0.2) is 18.2 Å². The van der Waals surface area contributed by atoms with Gasteiger partial charge < -0.3 is 5.32 Å². The second-order valence-electron chi connectivity index (χ2n) is 4.28. The largest absolute Gasteiger partial charge is 0.389 e. The molecule has 0 aliphatic heterocycles. The van der Waals surface area contributed by atoms with E-state index in [1.807, 2.05) is 29.5 Å². The van der Waals surface area contributed by atoms with Gasteiger partial charge in [-0.3, -0.25) is 0 Å². The molecular formula is C13H16F4IN. The number of halogens is 5. The summed E-state index contributed by atoms with van der Waals surface area (Å²) in [7, 11) is 0. The van der Waals surface area contributed by atoms with Crippen LogP contribution in [0.3, 0.4) is 0 Å². The Balaban J connectivity index is 2.71. The zero-order chi connectivity index (χ0) is 14.5. The third-order valence-electron chi connectivity index (χ3n) is 2.74. The van der Waals surface area contributed by atoms with Gasteiger partial charge in [0, 0.05) is 16.0 Å². The van der Waals surface area contributed by atoms with Crippen LogP contribution in [-0.4, -0.2) is 12.7 Å². The van der Waals surface area contributed by atoms with Gasteiger partial charge in [-0.25, -0.2) is 4.39 Å². The number of hydrogen-bond acceptors (Lipinski definition) is 1. The molecular weight excluding hydrogens is 373 g/mol. The second kappa shape index (κ2) is 7.42. The molecule has 0 saturated heterocycles. The Kier molecular flexibility index (Phi) is 6.52. The summed E-state index contributed by atoms with van der Waals surface area (Å²) < 4.78 is 50.2. The van der Waals surface area contributed by atoms with Crippen molar-refractivity contribution < 1.29 is 17.6 Å². The maximum Gasteiger partial charge on any atom is 0.389 e. The summed E-state index contributed by atoms with van der Waals surface area (Å²) in [5.74, 6) is -0.335. The molecule has 0 aromatic heterocycles. The third kappa shape index (κ3) is 6.07. The van der Waals surface area contributed by atoms with Crippen molar-refractivity contribution in [2.75, 3.05) is 6.54 Å². The van der Waals surface area contributed by atoms with Gasteiger partial charge in [-0.2, -0.15) is 13.2 Å². The van der Waals surface area contributed by atoms with Gasteiger partial charge in [-0.15, -0.1) is 0 Å². The van der Waals surface area contributed by atoms with E-state index in [4.69, 9.17) is 0 Å². The van der Waals surface area contributed by atoms with E-state index in [-0.39, 0.29) is 18.3 Å². The minimum atomic E-state index is -4.12. The molecule has 1 atom stereocenters. The summed E-state index contributed by atoms with van der Waals surface area (Å²) in [5, 5.41) is 3.15. The van der Waals surface area contributed by atoms with Gasteiger partial charge in [0.15, 0.2) is 0 Å². The summed E-state index contributed by atoms with van der Waals surface area (Å²) >= 11 is 2.01. The third-order valence-corrected chi connectivity index (χ3v) is 3.68. The highest BCUT2D eigenvalue weighted by Crippen LogP contribution is 2.28. The normalized spacial score (nSPS) is 13.6. The number of nitrogens with one attached hydrogen (secondary N) is 1. The number of alkyl halides is 3. The van der Waals surface area contributed by atoms with E-state index in [1.54, 1.807) is 6.07 Å². The Morgan fingerprint density at radius 1 is 1.32 bits per heavy atom. The molecule has 1 N–H and O–H groups in total. The van der Waals surface area contributed by atoms with Crippen molar-refractivity contribution >= 4 is 22.6 Å². The molecule has 0 fully saturated rings. The molecule has 0 saturated carbocycles. The maximum absolute atomic E-state index is 13.0. The molecule has 108 valence electrons. The van der Waals surface area contributed by atoms with Crippen LogP contribution >= 0.6 is 22.6 Å². The smallest absolute Gasteiger partial charge is 0.310 e. The standard InChI is InChI=1S/C13H16F4IN/c1-2-19-12(4-3-7-13(15,16)17)10-6-5-9(14)8-11(10)18/h5-6,8,12,19H,2-4,7H2,1H3. The molecule has 0 bridgehead atoms. The van der Waals surface area contributed by atoms with Crippen LogP contribution < -0.4 is 5.32 Å². The van der Waals surface area contributed by atoms with Crippen molar-refractivity contribution in [2.45, 2.75) is 38.4 Å². The zero-order valence-electron chi connectivity index (χ0n) is 10.5. The van der Waals surface area contributed by atoms with Gasteiger partial charge in [0.2, 0.25) is 0 Å². The highest BCUT2D eigenvalue weighted by Gasteiger charge is 2.27. The average molecular weight is 389 g/mol. The molecule has 0 amide bonds. The van der Waals surface area contributed by atoms with Crippen molar-refractivity contribution in [2.24, 2.45) is 0 Å². The summed E-state index contributed by atoms with van der Waals surface area (Å²) in [6.45, 7) is 2.55. The van der Waals surface area contributed by atoms with Gasteiger partial charge in [0.05, 0.1) is 0 Å². The van der Waals surface area contributed by atoms with Gasteiger partial charge >= 0.3 is 6.18 Å². The number of rotatable bonds is 6. The van der Waals surface area contributed by atoms with Crippen LogP contribution in [0.25, 0.3) is 0 Å². The van der Waals surface area contributed by atoms with Crippen molar-refractivity contribution in [3.63, 3.8) is 0 Å². The van der Waals surface area contributed by atoms with E-state index >= 15 is 0 Å². The molecule has 1 aromatic carbocycles. The lowest BCUT2D eigenvalue weighted by Gasteiger charge is -2.20. The first kappa shape index (κ1) is 16.7. The fraction of sp³-hybridized carbons (Fsp3) is 0.538. The van der Waals surface area contributed by atoms with Crippen LogP contribution in [-0.2, 0) is 0 Å². The Morgan fingerprint density at radius 2 is 2.00 bits per heavy atom. The first-order valence-electron chi connectivity index (χ1n) is 6.08. The SMILES string of the molecule is CCNC(CCCC(F)(F)F)c1ccc(F)cc1I. The highest BCUT2D eigenvalue weighted by molar-refractivity contribution is 14.1. The molecule has 0 aliphatic rings. The van der Waals surface area contributed by atoms with Crippen LogP contribution in [0.1, 0.15) is 37.8 Å². The van der Waals surface area contributed by atoms with Crippen LogP contribution in [0.2, 0.25) is 0 Å². The summed E-state index contributed by atoms with van der Waals surface area (Å²) in [4.78, 5) is 0. The van der Waals surface area contributed by atoms with Crippen LogP contribution in [0.5, 0.6) is 0 Å². The lowest BCUT2D eigenvalue weighted by molar-refractivity contribution is -0.135. The first-order valence-corrected chi connectivity index (χ1v) is 7.16. The van der Waals surface area contributed by atoms with E-state index in [0.717, 1.165) is 9.13 Å². The lowest BCUT2D eigenvalue weighted by Crippen LogP contribution is -2.22. The minimum Gasteiger partial charge on any atom is -0.310 e. The Morgan fingerprint density at radius 3 is 2.53 bits per heavy atom. The second-order valence-corrected chi connectivity index (χ2v) is 5.45. The fourth-order valence-electron chi connectivity index (χ4n) is 1.90. The van der Waals surface area contributed by atoms with E-state index in [2.05, 4.69) is 5.32 Å². The van der Waals surface area contributed by atoms with Gasteiger partial charge in [-0.05, 0) is 59.7 Å². The maximum atomic E-state index is 13.0. The Bertz CT molecular complexity index is 406. The summed E-state index contributed by atoms with van der Waals surface area (Å²) in [5.41, 5.74) is 0.853. The first-order chi connectivity index (χ1) is 8.83. The molecule has 6 heteroatoms. The van der Waals surface area contributed by atoms with Crippen molar-refractivity contribution in [1.82, 2.24) is 5.32 Å². The molecule has 1 rings (SSSR count). The Hall–Kier alpha value is -0.370. The van der Waals surface area contributed by atoms with E-state index in [9.17, 15) is 17.6 Å². The average Bonchev–Trinajstić information content (AvgIpc) is 2.26. The van der Waals surface area contributed by atoms with E-state index in [0.29, 0.717) is 13.0 Å². The highest BCUT2D eigenvalue weighted by atomic mass is 127. The van der Waals surface area contributed by atoms with E-state index in [1.165, 1.54) is 12.1 Å². The van der Waals surface area contributed by atoms with E-state index < -0.39 is 12.6 Å².